The summed E-state index contributed by atoms with van der Waals surface area (Å²) in [5.41, 5.74) is 0.586. The van der Waals surface area contributed by atoms with Crippen LogP contribution in [0.3, 0.4) is 0 Å². The smallest absolute Gasteiger partial charge is 0.323 e. The zero-order valence-corrected chi connectivity index (χ0v) is 10.1. The third-order valence-corrected chi connectivity index (χ3v) is 2.90. The third-order valence-electron chi connectivity index (χ3n) is 2.90. The molecule has 0 saturated carbocycles. The molecule has 2 rings (SSSR count). The summed E-state index contributed by atoms with van der Waals surface area (Å²) in [6.45, 7) is 3.71. The van der Waals surface area contributed by atoms with Crippen LogP contribution < -0.4 is 5.32 Å². The molecule has 1 aromatic carbocycles. The minimum atomic E-state index is -0.552. The van der Waals surface area contributed by atoms with E-state index in [0.717, 1.165) is 0 Å². The van der Waals surface area contributed by atoms with E-state index >= 15 is 0 Å². The Bertz CT molecular complexity index is 513. The quantitative estimate of drug-likeness (QED) is 0.599. The van der Waals surface area contributed by atoms with Crippen LogP contribution in [0.5, 0.6) is 11.5 Å². The number of amidine groups is 1. The highest BCUT2D eigenvalue weighted by Gasteiger charge is 2.38. The molecule has 1 unspecified atom stereocenters. The Balaban J connectivity index is 2.43. The van der Waals surface area contributed by atoms with Crippen LogP contribution in [0.4, 0.5) is 4.79 Å². The van der Waals surface area contributed by atoms with E-state index in [1.165, 1.54) is 17.0 Å². The van der Waals surface area contributed by atoms with Gasteiger partial charge in [-0.2, -0.15) is 0 Å². The van der Waals surface area contributed by atoms with Crippen molar-refractivity contribution < 1.29 is 15.0 Å². The van der Waals surface area contributed by atoms with E-state index in [1.807, 2.05) is 13.8 Å². The molecule has 0 aromatic heterocycles. The van der Waals surface area contributed by atoms with Crippen LogP contribution in [0.2, 0.25) is 0 Å². The van der Waals surface area contributed by atoms with Crippen molar-refractivity contribution in [3.63, 3.8) is 0 Å². The molecule has 1 fully saturated rings. The summed E-state index contributed by atoms with van der Waals surface area (Å²) >= 11 is 0. The van der Waals surface area contributed by atoms with Gasteiger partial charge in [-0.05, 0) is 31.5 Å². The first kappa shape index (κ1) is 12.2. The van der Waals surface area contributed by atoms with Crippen molar-refractivity contribution in [1.29, 1.82) is 5.41 Å². The van der Waals surface area contributed by atoms with Gasteiger partial charge in [0.1, 0.15) is 11.9 Å². The zero-order chi connectivity index (χ0) is 13.4. The van der Waals surface area contributed by atoms with E-state index < -0.39 is 6.04 Å². The lowest BCUT2D eigenvalue weighted by molar-refractivity contribution is 0.190. The highest BCUT2D eigenvalue weighted by molar-refractivity contribution is 6.06. The van der Waals surface area contributed by atoms with E-state index in [4.69, 9.17) is 5.41 Å². The third kappa shape index (κ3) is 1.85. The Labute approximate surface area is 104 Å². The topological polar surface area (TPSA) is 96.7 Å². The van der Waals surface area contributed by atoms with Crippen LogP contribution in [-0.4, -0.2) is 33.0 Å². The Hall–Kier alpha value is -2.24. The van der Waals surface area contributed by atoms with Gasteiger partial charge in [0.2, 0.25) is 0 Å². The Morgan fingerprint density at radius 3 is 2.56 bits per heavy atom. The number of urea groups is 1. The number of carbonyl (C=O) groups is 1. The van der Waals surface area contributed by atoms with E-state index in [2.05, 4.69) is 5.32 Å². The number of carbonyl (C=O) groups excluding carboxylic acids is 1. The number of benzene rings is 1. The van der Waals surface area contributed by atoms with Crippen molar-refractivity contribution in [2.75, 3.05) is 0 Å². The summed E-state index contributed by atoms with van der Waals surface area (Å²) in [5, 5.41) is 29.0. The van der Waals surface area contributed by atoms with Crippen molar-refractivity contribution in [2.45, 2.75) is 25.9 Å². The Kier molecular flexibility index (Phi) is 2.86. The number of aromatic hydroxyl groups is 2. The largest absolute Gasteiger partial charge is 0.504 e. The first-order valence-electron chi connectivity index (χ1n) is 5.61. The number of hydrogen-bond donors (Lipinski definition) is 4. The first-order valence-corrected chi connectivity index (χ1v) is 5.61. The van der Waals surface area contributed by atoms with E-state index in [0.29, 0.717) is 5.56 Å². The standard InChI is InChI=1S/C12H15N3O3/c1-6(2)15-10(11(13)14-12(15)18)7-3-4-8(16)9(17)5-7/h3-6,10,16-17H,1-2H3,(H2,13,14,18). The maximum Gasteiger partial charge on any atom is 0.323 e. The van der Waals surface area contributed by atoms with E-state index in [-0.39, 0.29) is 29.4 Å². The molecule has 1 saturated heterocycles. The van der Waals surface area contributed by atoms with Crippen molar-refractivity contribution >= 4 is 11.9 Å². The van der Waals surface area contributed by atoms with Gasteiger partial charge in [-0.15, -0.1) is 0 Å². The molecule has 2 amide bonds. The monoisotopic (exact) mass is 249 g/mol. The van der Waals surface area contributed by atoms with E-state index in [1.54, 1.807) is 6.07 Å². The molecule has 1 heterocycles. The molecule has 18 heavy (non-hydrogen) atoms. The molecule has 1 aliphatic rings. The van der Waals surface area contributed by atoms with Gasteiger partial charge >= 0.3 is 6.03 Å². The predicted octanol–water partition coefficient (Wildman–Crippen LogP) is 1.55. The van der Waals surface area contributed by atoms with Gasteiger partial charge in [0.15, 0.2) is 11.5 Å². The molecule has 4 N–H and O–H groups in total. The van der Waals surface area contributed by atoms with Crippen LogP contribution >= 0.6 is 0 Å². The molecule has 0 radical (unpaired) electrons. The van der Waals surface area contributed by atoms with Crippen LogP contribution in [0.1, 0.15) is 25.5 Å². The molecule has 6 heteroatoms. The maximum absolute atomic E-state index is 11.7. The SMILES string of the molecule is CC(C)N1C(=O)NC(=N)C1c1ccc(O)c(O)c1. The van der Waals surface area contributed by atoms with Crippen molar-refractivity contribution in [3.8, 4) is 11.5 Å². The molecular weight excluding hydrogens is 234 g/mol. The lowest BCUT2D eigenvalue weighted by Crippen LogP contribution is -2.35. The first-order chi connectivity index (χ1) is 8.41. The number of nitrogens with one attached hydrogen (secondary N) is 2. The van der Waals surface area contributed by atoms with Crippen LogP contribution in [0.15, 0.2) is 18.2 Å². The van der Waals surface area contributed by atoms with Crippen LogP contribution in [0.25, 0.3) is 0 Å². The van der Waals surface area contributed by atoms with Gasteiger partial charge in [-0.25, -0.2) is 4.79 Å². The fourth-order valence-corrected chi connectivity index (χ4v) is 2.07. The number of amides is 2. The normalized spacial score (nSPS) is 19.5. The minimum absolute atomic E-state index is 0.0683. The molecule has 1 aromatic rings. The highest BCUT2D eigenvalue weighted by Crippen LogP contribution is 2.33. The molecule has 96 valence electrons. The van der Waals surface area contributed by atoms with Gasteiger partial charge in [0.05, 0.1) is 0 Å². The lowest BCUT2D eigenvalue weighted by atomic mass is 10.0. The fourth-order valence-electron chi connectivity index (χ4n) is 2.07. The van der Waals surface area contributed by atoms with Crippen LogP contribution in [0, 0.1) is 5.41 Å². The van der Waals surface area contributed by atoms with Gasteiger partial charge in [0, 0.05) is 6.04 Å². The molecule has 0 bridgehead atoms. The van der Waals surface area contributed by atoms with Gasteiger partial charge in [0.25, 0.3) is 0 Å². The van der Waals surface area contributed by atoms with Gasteiger partial charge in [-0.3, -0.25) is 10.7 Å². The summed E-state index contributed by atoms with van der Waals surface area (Å²) in [7, 11) is 0. The average molecular weight is 249 g/mol. The lowest BCUT2D eigenvalue weighted by Gasteiger charge is -2.26. The molecule has 1 aliphatic heterocycles. The van der Waals surface area contributed by atoms with Gasteiger partial charge in [-0.1, -0.05) is 6.07 Å². The Morgan fingerprint density at radius 2 is 2.00 bits per heavy atom. The molecule has 0 aliphatic carbocycles. The second kappa shape index (κ2) is 4.21. The molecule has 1 atom stereocenters. The fraction of sp³-hybridized carbons (Fsp3) is 0.333. The number of phenols is 2. The molecule has 0 spiro atoms. The molecular formula is C12H15N3O3. The van der Waals surface area contributed by atoms with Crippen molar-refractivity contribution in [2.24, 2.45) is 0 Å². The summed E-state index contributed by atoms with van der Waals surface area (Å²) in [6, 6.07) is 3.35. The minimum Gasteiger partial charge on any atom is -0.504 e. The molecule has 6 nitrogen and oxygen atoms in total. The average Bonchev–Trinajstić information content (AvgIpc) is 2.57. The highest BCUT2D eigenvalue weighted by atomic mass is 16.3. The van der Waals surface area contributed by atoms with Crippen molar-refractivity contribution in [1.82, 2.24) is 10.2 Å². The number of phenolic OH excluding ortho intramolecular Hbond substituents is 2. The predicted molar refractivity (Wildman–Crippen MR) is 65.7 cm³/mol. The summed E-state index contributed by atoms with van der Waals surface area (Å²) in [6.07, 6.45) is 0. The second-order valence-corrected chi connectivity index (χ2v) is 4.50. The summed E-state index contributed by atoms with van der Waals surface area (Å²) < 4.78 is 0. The number of rotatable bonds is 2. The maximum atomic E-state index is 11.7. The van der Waals surface area contributed by atoms with Crippen LogP contribution in [-0.2, 0) is 0 Å². The Morgan fingerprint density at radius 1 is 1.33 bits per heavy atom. The summed E-state index contributed by atoms with van der Waals surface area (Å²) in [5.74, 6) is -0.416. The van der Waals surface area contributed by atoms with E-state index in [9.17, 15) is 15.0 Å². The second-order valence-electron chi connectivity index (χ2n) is 4.50. The van der Waals surface area contributed by atoms with Crippen molar-refractivity contribution in [3.05, 3.63) is 23.8 Å². The summed E-state index contributed by atoms with van der Waals surface area (Å²) in [4.78, 5) is 13.2. The zero-order valence-electron chi connectivity index (χ0n) is 10.1. The van der Waals surface area contributed by atoms with Gasteiger partial charge < -0.3 is 15.1 Å². The number of hydrogen-bond acceptors (Lipinski definition) is 4. The number of nitrogens with zero attached hydrogens (tertiary/aromatic N) is 1.